The molecule has 90 valence electrons. The van der Waals surface area contributed by atoms with Crippen molar-refractivity contribution in [2.75, 3.05) is 19.8 Å². The maximum atomic E-state index is 9.96. The number of aliphatic hydroxyl groups is 1. The van der Waals surface area contributed by atoms with E-state index in [0.29, 0.717) is 12.5 Å². The molecule has 1 aromatic heterocycles. The molecular weight excluding hydrogens is 206 g/mol. The van der Waals surface area contributed by atoms with E-state index < -0.39 is 0 Å². The summed E-state index contributed by atoms with van der Waals surface area (Å²) in [5.74, 6) is 0.380. The van der Waals surface area contributed by atoms with Gasteiger partial charge in [0.2, 0.25) is 0 Å². The number of hydrogen-bond donors (Lipinski definition) is 2. The van der Waals surface area contributed by atoms with Crippen LogP contribution < -0.4 is 5.32 Å². The van der Waals surface area contributed by atoms with Crippen molar-refractivity contribution in [1.29, 1.82) is 0 Å². The zero-order valence-electron chi connectivity index (χ0n) is 9.39. The molecule has 0 saturated carbocycles. The number of furan rings is 1. The lowest BCUT2D eigenvalue weighted by Crippen LogP contribution is -2.35. The van der Waals surface area contributed by atoms with Gasteiger partial charge >= 0.3 is 0 Å². The highest BCUT2D eigenvalue weighted by molar-refractivity contribution is 5.04. The molecule has 1 fully saturated rings. The van der Waals surface area contributed by atoms with E-state index in [2.05, 4.69) is 5.32 Å². The van der Waals surface area contributed by atoms with Gasteiger partial charge < -0.3 is 19.6 Å². The van der Waals surface area contributed by atoms with Gasteiger partial charge in [0.25, 0.3) is 0 Å². The van der Waals surface area contributed by atoms with E-state index in [1.807, 2.05) is 6.07 Å². The first-order valence-electron chi connectivity index (χ1n) is 5.84. The van der Waals surface area contributed by atoms with Gasteiger partial charge in [-0.05, 0) is 24.8 Å². The average molecular weight is 225 g/mol. The molecule has 0 radical (unpaired) electrons. The van der Waals surface area contributed by atoms with E-state index in [4.69, 9.17) is 9.15 Å². The summed E-state index contributed by atoms with van der Waals surface area (Å²) >= 11 is 0. The number of hydrogen-bond acceptors (Lipinski definition) is 4. The second kappa shape index (κ2) is 6.03. The molecule has 0 amide bonds. The standard InChI is InChI=1S/C12H19NO3/c14-12(11-2-5-15-6-3-11)8-13-7-10-1-4-16-9-10/h1,4,9,11-14H,2-3,5-8H2. The van der Waals surface area contributed by atoms with Crippen LogP contribution in [0.4, 0.5) is 0 Å². The maximum absolute atomic E-state index is 9.96. The molecule has 1 atom stereocenters. The summed E-state index contributed by atoms with van der Waals surface area (Å²) in [6.45, 7) is 2.94. The molecule has 0 aliphatic carbocycles. The average Bonchev–Trinajstić information content (AvgIpc) is 2.83. The van der Waals surface area contributed by atoms with Gasteiger partial charge in [-0.15, -0.1) is 0 Å². The van der Waals surface area contributed by atoms with Crippen LogP contribution in [0.5, 0.6) is 0 Å². The largest absolute Gasteiger partial charge is 0.472 e. The van der Waals surface area contributed by atoms with E-state index in [1.165, 1.54) is 0 Å². The van der Waals surface area contributed by atoms with Crippen molar-refractivity contribution in [2.45, 2.75) is 25.5 Å². The Labute approximate surface area is 95.6 Å². The van der Waals surface area contributed by atoms with Crippen LogP contribution in [0.15, 0.2) is 23.0 Å². The van der Waals surface area contributed by atoms with Gasteiger partial charge in [-0.25, -0.2) is 0 Å². The second-order valence-corrected chi connectivity index (χ2v) is 4.28. The molecule has 1 aliphatic heterocycles. The molecule has 4 nitrogen and oxygen atoms in total. The van der Waals surface area contributed by atoms with E-state index >= 15 is 0 Å². The molecule has 0 aromatic carbocycles. The van der Waals surface area contributed by atoms with E-state index in [-0.39, 0.29) is 6.10 Å². The van der Waals surface area contributed by atoms with Crippen molar-refractivity contribution in [3.05, 3.63) is 24.2 Å². The minimum Gasteiger partial charge on any atom is -0.472 e. The quantitative estimate of drug-likeness (QED) is 0.789. The second-order valence-electron chi connectivity index (χ2n) is 4.28. The third-order valence-electron chi connectivity index (χ3n) is 3.07. The maximum Gasteiger partial charge on any atom is 0.0947 e. The predicted molar refractivity (Wildman–Crippen MR) is 60.0 cm³/mol. The Morgan fingerprint density at radius 1 is 1.44 bits per heavy atom. The fourth-order valence-corrected chi connectivity index (χ4v) is 2.02. The van der Waals surface area contributed by atoms with Crippen molar-refractivity contribution in [3.63, 3.8) is 0 Å². The molecule has 0 spiro atoms. The zero-order chi connectivity index (χ0) is 11.2. The number of aliphatic hydroxyl groups excluding tert-OH is 1. The van der Waals surface area contributed by atoms with Crippen LogP contribution in [0.25, 0.3) is 0 Å². The summed E-state index contributed by atoms with van der Waals surface area (Å²) in [5.41, 5.74) is 1.11. The number of nitrogens with one attached hydrogen (secondary N) is 1. The van der Waals surface area contributed by atoms with Crippen molar-refractivity contribution in [3.8, 4) is 0 Å². The summed E-state index contributed by atoms with van der Waals surface area (Å²) < 4.78 is 10.2. The monoisotopic (exact) mass is 225 g/mol. The Morgan fingerprint density at radius 2 is 2.25 bits per heavy atom. The highest BCUT2D eigenvalue weighted by Crippen LogP contribution is 2.18. The van der Waals surface area contributed by atoms with Crippen LogP contribution in [0.2, 0.25) is 0 Å². The molecule has 1 aromatic rings. The van der Waals surface area contributed by atoms with Crippen LogP contribution in [-0.4, -0.2) is 31.0 Å². The van der Waals surface area contributed by atoms with Crippen LogP contribution in [0.3, 0.4) is 0 Å². The number of rotatable bonds is 5. The fraction of sp³-hybridized carbons (Fsp3) is 0.667. The van der Waals surface area contributed by atoms with Crippen molar-refractivity contribution in [2.24, 2.45) is 5.92 Å². The van der Waals surface area contributed by atoms with Crippen LogP contribution >= 0.6 is 0 Å². The lowest BCUT2D eigenvalue weighted by Gasteiger charge is -2.26. The highest BCUT2D eigenvalue weighted by atomic mass is 16.5. The van der Waals surface area contributed by atoms with Gasteiger partial charge in [0, 0.05) is 31.9 Å². The zero-order valence-corrected chi connectivity index (χ0v) is 9.39. The van der Waals surface area contributed by atoms with Gasteiger partial charge in [-0.2, -0.15) is 0 Å². The Hall–Kier alpha value is -0.840. The Balaban J connectivity index is 1.65. The first-order valence-corrected chi connectivity index (χ1v) is 5.84. The van der Waals surface area contributed by atoms with Crippen molar-refractivity contribution in [1.82, 2.24) is 5.32 Å². The predicted octanol–water partition coefficient (Wildman–Crippen LogP) is 1.16. The third-order valence-corrected chi connectivity index (χ3v) is 3.07. The highest BCUT2D eigenvalue weighted by Gasteiger charge is 2.21. The smallest absolute Gasteiger partial charge is 0.0947 e. The minimum absolute atomic E-state index is 0.268. The van der Waals surface area contributed by atoms with Gasteiger partial charge in [0.05, 0.1) is 18.6 Å². The van der Waals surface area contributed by atoms with E-state index in [1.54, 1.807) is 12.5 Å². The SMILES string of the molecule is OC(CNCc1ccoc1)C1CCOCC1. The molecule has 2 heterocycles. The first kappa shape index (κ1) is 11.6. The first-order chi connectivity index (χ1) is 7.86. The minimum atomic E-state index is -0.268. The molecule has 1 aliphatic rings. The lowest BCUT2D eigenvalue weighted by atomic mass is 9.94. The van der Waals surface area contributed by atoms with Crippen LogP contribution in [0, 0.1) is 5.92 Å². The molecule has 1 saturated heterocycles. The molecule has 2 rings (SSSR count). The van der Waals surface area contributed by atoms with Gasteiger partial charge in [-0.3, -0.25) is 0 Å². The Morgan fingerprint density at radius 3 is 2.94 bits per heavy atom. The van der Waals surface area contributed by atoms with Gasteiger partial charge in [0.15, 0.2) is 0 Å². The van der Waals surface area contributed by atoms with Crippen molar-refractivity contribution >= 4 is 0 Å². The fourth-order valence-electron chi connectivity index (χ4n) is 2.02. The van der Waals surface area contributed by atoms with Crippen molar-refractivity contribution < 1.29 is 14.3 Å². The lowest BCUT2D eigenvalue weighted by molar-refractivity contribution is 0.00846. The van der Waals surface area contributed by atoms with Gasteiger partial charge in [-0.1, -0.05) is 0 Å². The molecule has 1 unspecified atom stereocenters. The summed E-state index contributed by atoms with van der Waals surface area (Å²) in [7, 11) is 0. The summed E-state index contributed by atoms with van der Waals surface area (Å²) in [6, 6.07) is 1.92. The molecule has 4 heteroatoms. The number of ether oxygens (including phenoxy) is 1. The topological polar surface area (TPSA) is 54.6 Å². The van der Waals surface area contributed by atoms with Gasteiger partial charge in [0.1, 0.15) is 0 Å². The Kier molecular flexibility index (Phi) is 4.39. The van der Waals surface area contributed by atoms with E-state index in [9.17, 15) is 5.11 Å². The normalized spacial score (nSPS) is 19.8. The molecular formula is C12H19NO3. The third kappa shape index (κ3) is 3.33. The molecule has 16 heavy (non-hydrogen) atoms. The Bertz CT molecular complexity index is 280. The van der Waals surface area contributed by atoms with Crippen LogP contribution in [-0.2, 0) is 11.3 Å². The summed E-state index contributed by atoms with van der Waals surface area (Å²) in [5, 5.41) is 13.2. The van der Waals surface area contributed by atoms with E-state index in [0.717, 1.165) is 38.2 Å². The summed E-state index contributed by atoms with van der Waals surface area (Å²) in [6.07, 6.45) is 5.04. The molecule has 0 bridgehead atoms. The molecule has 2 N–H and O–H groups in total. The van der Waals surface area contributed by atoms with Crippen LogP contribution in [0.1, 0.15) is 18.4 Å². The summed E-state index contributed by atoms with van der Waals surface area (Å²) in [4.78, 5) is 0.